The first kappa shape index (κ1) is 29.9. The molecule has 0 unspecified atom stereocenters. The molecule has 0 aliphatic rings. The predicted molar refractivity (Wildman–Crippen MR) is 155 cm³/mol. The van der Waals surface area contributed by atoms with E-state index < -0.39 is 11.9 Å². The Hall–Kier alpha value is -4.65. The zero-order valence-corrected chi connectivity index (χ0v) is 22.3. The van der Waals surface area contributed by atoms with E-state index in [-0.39, 0.29) is 11.4 Å². The van der Waals surface area contributed by atoms with Gasteiger partial charge in [0.15, 0.2) is 5.78 Å². The molecule has 0 heterocycles. The number of carbonyl (C=O) groups excluding carboxylic acids is 1. The summed E-state index contributed by atoms with van der Waals surface area (Å²) in [5.41, 5.74) is 1.65. The topological polar surface area (TPSA) is 110 Å². The molecular formula is C33H34O7. The normalized spacial score (nSPS) is 11.3. The van der Waals surface area contributed by atoms with Gasteiger partial charge in [0.05, 0.1) is 18.8 Å². The lowest BCUT2D eigenvalue weighted by Crippen LogP contribution is -2.03. The quantitative estimate of drug-likeness (QED) is 0.108. The number of rotatable bonds is 17. The van der Waals surface area contributed by atoms with Gasteiger partial charge in [-0.25, -0.2) is 9.59 Å². The molecular weight excluding hydrogens is 508 g/mol. The Morgan fingerprint density at radius 3 is 1.68 bits per heavy atom. The van der Waals surface area contributed by atoms with E-state index >= 15 is 0 Å². The molecule has 2 N–H and O–H groups in total. The number of unbranched alkanes of at least 4 members (excludes halogenated alkanes) is 5. The first-order valence-corrected chi connectivity index (χ1v) is 13.3. The number of carbonyl (C=O) groups is 3. The second-order valence-electron chi connectivity index (χ2n) is 9.18. The molecule has 0 saturated heterocycles. The maximum atomic E-state index is 12.2. The van der Waals surface area contributed by atoms with E-state index in [2.05, 4.69) is 0 Å². The van der Waals surface area contributed by atoms with Crippen molar-refractivity contribution in [2.45, 2.75) is 38.5 Å². The molecule has 3 aromatic rings. The standard InChI is InChI=1S/C33H34O7/c34-31(27-10-6-5-7-11-27)21-14-25-12-17-28(18-13-25)39-22-8-3-1-2-4-9-23-40-29-19-15-26(16-20-29)30(33(37)38)24-32(35)36/h5-7,10-21,24H,1-4,8-9,22-23H2,(H,35,36)(H,37,38)/b21-14-,30-24-. The summed E-state index contributed by atoms with van der Waals surface area (Å²) in [6, 6.07) is 23.3. The Balaban J connectivity index is 1.23. The van der Waals surface area contributed by atoms with E-state index in [1.54, 1.807) is 48.6 Å². The number of ether oxygens (including phenoxy) is 2. The van der Waals surface area contributed by atoms with Gasteiger partial charge >= 0.3 is 11.9 Å². The number of carboxylic acids is 2. The van der Waals surface area contributed by atoms with Crippen molar-refractivity contribution in [1.82, 2.24) is 0 Å². The molecule has 0 radical (unpaired) electrons. The van der Waals surface area contributed by atoms with Crippen LogP contribution < -0.4 is 9.47 Å². The molecule has 7 nitrogen and oxygen atoms in total. The SMILES string of the molecule is O=C(O)/C=C(\C(=O)O)c1ccc(OCCCCCCCCOc2ccc(/C=C\C(=O)c3ccccc3)cc2)cc1. The largest absolute Gasteiger partial charge is 0.494 e. The van der Waals surface area contributed by atoms with Crippen LogP contribution in [0.2, 0.25) is 0 Å². The Morgan fingerprint density at radius 2 is 1.15 bits per heavy atom. The third kappa shape index (κ3) is 10.6. The van der Waals surface area contributed by atoms with Crippen molar-refractivity contribution in [2.24, 2.45) is 0 Å². The number of carboxylic acid groups (broad SMARTS) is 2. The fraction of sp³-hybridized carbons (Fsp3) is 0.242. The average Bonchev–Trinajstić information content (AvgIpc) is 2.97. The Labute approximate surface area is 234 Å². The van der Waals surface area contributed by atoms with Crippen LogP contribution in [0.15, 0.2) is 91.0 Å². The molecule has 0 fully saturated rings. The molecule has 0 spiro atoms. The Kier molecular flexibility index (Phi) is 12.2. The van der Waals surface area contributed by atoms with Crippen LogP contribution >= 0.6 is 0 Å². The number of hydrogen-bond acceptors (Lipinski definition) is 5. The van der Waals surface area contributed by atoms with Crippen LogP contribution in [-0.4, -0.2) is 41.1 Å². The van der Waals surface area contributed by atoms with E-state index in [4.69, 9.17) is 14.6 Å². The summed E-state index contributed by atoms with van der Waals surface area (Å²) in [6.45, 7) is 1.22. The van der Waals surface area contributed by atoms with E-state index in [0.717, 1.165) is 49.8 Å². The van der Waals surface area contributed by atoms with Crippen molar-refractivity contribution in [3.05, 3.63) is 108 Å². The van der Waals surface area contributed by atoms with Crippen LogP contribution in [0.1, 0.15) is 60.0 Å². The lowest BCUT2D eigenvalue weighted by Gasteiger charge is -2.08. The number of allylic oxidation sites excluding steroid dienone is 1. The van der Waals surface area contributed by atoms with Gasteiger partial charge in [0, 0.05) is 11.6 Å². The van der Waals surface area contributed by atoms with Gasteiger partial charge in [0.25, 0.3) is 0 Å². The van der Waals surface area contributed by atoms with Gasteiger partial charge in [-0.3, -0.25) is 4.79 Å². The summed E-state index contributed by atoms with van der Waals surface area (Å²) in [7, 11) is 0. The highest BCUT2D eigenvalue weighted by Crippen LogP contribution is 2.20. The molecule has 0 aliphatic heterocycles. The lowest BCUT2D eigenvalue weighted by molar-refractivity contribution is -0.133. The smallest absolute Gasteiger partial charge is 0.336 e. The minimum atomic E-state index is -1.31. The third-order valence-corrected chi connectivity index (χ3v) is 6.11. The number of benzene rings is 3. The molecule has 40 heavy (non-hydrogen) atoms. The van der Waals surface area contributed by atoms with E-state index in [1.807, 2.05) is 42.5 Å². The first-order valence-electron chi connectivity index (χ1n) is 13.3. The molecule has 3 rings (SSSR count). The van der Waals surface area contributed by atoms with Crippen molar-refractivity contribution < 1.29 is 34.1 Å². The average molecular weight is 543 g/mol. The van der Waals surface area contributed by atoms with Gasteiger partial charge in [0.1, 0.15) is 11.5 Å². The maximum Gasteiger partial charge on any atom is 0.336 e. The Bertz CT molecular complexity index is 1290. The van der Waals surface area contributed by atoms with Gasteiger partial charge in [0.2, 0.25) is 0 Å². The summed E-state index contributed by atoms with van der Waals surface area (Å²) in [5, 5.41) is 18.0. The third-order valence-electron chi connectivity index (χ3n) is 6.11. The number of hydrogen-bond donors (Lipinski definition) is 2. The Morgan fingerprint density at radius 1 is 0.625 bits per heavy atom. The van der Waals surface area contributed by atoms with Gasteiger partial charge < -0.3 is 19.7 Å². The molecule has 0 atom stereocenters. The fourth-order valence-electron chi connectivity index (χ4n) is 3.96. The van der Waals surface area contributed by atoms with Crippen LogP contribution in [0.3, 0.4) is 0 Å². The molecule has 0 amide bonds. The van der Waals surface area contributed by atoms with E-state index in [1.165, 1.54) is 0 Å². The zero-order valence-electron chi connectivity index (χ0n) is 22.3. The van der Waals surface area contributed by atoms with Crippen molar-refractivity contribution in [2.75, 3.05) is 13.2 Å². The summed E-state index contributed by atoms with van der Waals surface area (Å²) in [5.74, 6) is -1.19. The van der Waals surface area contributed by atoms with Crippen LogP contribution in [0.4, 0.5) is 0 Å². The predicted octanol–water partition coefficient (Wildman–Crippen LogP) is 6.93. The highest BCUT2D eigenvalue weighted by atomic mass is 16.5. The molecule has 3 aromatic carbocycles. The summed E-state index contributed by atoms with van der Waals surface area (Å²) in [6.07, 6.45) is 10.3. The molecule has 208 valence electrons. The van der Waals surface area contributed by atoms with E-state index in [9.17, 15) is 19.5 Å². The molecule has 0 saturated carbocycles. The van der Waals surface area contributed by atoms with Crippen LogP contribution in [-0.2, 0) is 9.59 Å². The monoisotopic (exact) mass is 542 g/mol. The lowest BCUT2D eigenvalue weighted by atomic mass is 10.1. The molecule has 7 heteroatoms. The first-order chi connectivity index (χ1) is 19.4. The zero-order chi connectivity index (χ0) is 28.6. The fourth-order valence-corrected chi connectivity index (χ4v) is 3.96. The summed E-state index contributed by atoms with van der Waals surface area (Å²) in [4.78, 5) is 34.2. The molecule has 0 bridgehead atoms. The van der Waals surface area contributed by atoms with Crippen molar-refractivity contribution in [3.8, 4) is 11.5 Å². The molecule has 0 aliphatic carbocycles. The second kappa shape index (κ2) is 16.3. The van der Waals surface area contributed by atoms with Gasteiger partial charge in [-0.05, 0) is 54.3 Å². The van der Waals surface area contributed by atoms with Crippen LogP contribution in [0.5, 0.6) is 11.5 Å². The van der Waals surface area contributed by atoms with Crippen molar-refractivity contribution in [3.63, 3.8) is 0 Å². The minimum Gasteiger partial charge on any atom is -0.494 e. The summed E-state index contributed by atoms with van der Waals surface area (Å²) < 4.78 is 11.5. The molecule has 0 aromatic heterocycles. The second-order valence-corrected chi connectivity index (χ2v) is 9.18. The number of ketones is 1. The number of aliphatic carboxylic acids is 2. The van der Waals surface area contributed by atoms with Crippen molar-refractivity contribution in [1.29, 1.82) is 0 Å². The van der Waals surface area contributed by atoms with Gasteiger partial charge in [-0.15, -0.1) is 0 Å². The van der Waals surface area contributed by atoms with Crippen LogP contribution in [0.25, 0.3) is 11.6 Å². The maximum absolute atomic E-state index is 12.2. The van der Waals surface area contributed by atoms with E-state index in [0.29, 0.717) is 36.2 Å². The highest BCUT2D eigenvalue weighted by Gasteiger charge is 2.12. The van der Waals surface area contributed by atoms with Crippen molar-refractivity contribution >= 4 is 29.4 Å². The minimum absolute atomic E-state index is 0.0232. The van der Waals surface area contributed by atoms with Crippen LogP contribution in [0, 0.1) is 0 Å². The van der Waals surface area contributed by atoms with Gasteiger partial charge in [-0.2, -0.15) is 0 Å². The van der Waals surface area contributed by atoms with Gasteiger partial charge in [-0.1, -0.05) is 86.4 Å². The summed E-state index contributed by atoms with van der Waals surface area (Å²) >= 11 is 0. The highest BCUT2D eigenvalue weighted by molar-refractivity contribution is 6.19.